The van der Waals surface area contributed by atoms with Crippen LogP contribution >= 0.6 is 0 Å². The van der Waals surface area contributed by atoms with Crippen LogP contribution in [0, 0.1) is 0 Å². The van der Waals surface area contributed by atoms with Crippen molar-refractivity contribution in [3.8, 4) is 11.5 Å². The van der Waals surface area contributed by atoms with Crippen LogP contribution in [0.15, 0.2) is 18.2 Å². The predicted molar refractivity (Wildman–Crippen MR) is 102 cm³/mol. The van der Waals surface area contributed by atoms with Crippen LogP contribution in [0.5, 0.6) is 11.5 Å². The number of nitrogens with one attached hydrogen (secondary N) is 2. The Labute approximate surface area is 168 Å². The molecule has 1 aromatic rings. The lowest BCUT2D eigenvalue weighted by molar-refractivity contribution is -0.286. The Bertz CT molecular complexity index is 782. The fraction of sp³-hybridized carbons (Fsp3) is 0.579. The summed E-state index contributed by atoms with van der Waals surface area (Å²) in [5.41, 5.74) is 0.0457. The highest BCUT2D eigenvalue weighted by molar-refractivity contribution is 5.89. The van der Waals surface area contributed by atoms with Crippen molar-refractivity contribution in [1.29, 1.82) is 0 Å². The Hall–Kier alpha value is -2.62. The number of hydrogen-bond acceptors (Lipinski definition) is 5. The molecule has 2 N–H and O–H groups in total. The number of halogens is 2. The molecular weight excluding hydrogens is 386 g/mol. The van der Waals surface area contributed by atoms with E-state index in [1.807, 2.05) is 25.7 Å². The predicted octanol–water partition coefficient (Wildman–Crippen LogP) is 2.46. The van der Waals surface area contributed by atoms with Gasteiger partial charge in [0.25, 0.3) is 0 Å². The van der Waals surface area contributed by atoms with Crippen LogP contribution < -0.4 is 20.1 Å². The first-order valence-electron chi connectivity index (χ1n) is 9.50. The lowest BCUT2D eigenvalue weighted by Crippen LogP contribution is -2.46. The number of anilines is 1. The fourth-order valence-electron chi connectivity index (χ4n) is 3.22. The molecule has 0 spiro atoms. The van der Waals surface area contributed by atoms with E-state index in [1.54, 1.807) is 4.90 Å². The van der Waals surface area contributed by atoms with Gasteiger partial charge in [0, 0.05) is 43.5 Å². The number of nitrogens with zero attached hydrogens (tertiary/aromatic N) is 2. The third-order valence-electron chi connectivity index (χ3n) is 4.41. The van der Waals surface area contributed by atoms with E-state index < -0.39 is 6.29 Å². The van der Waals surface area contributed by atoms with E-state index in [2.05, 4.69) is 20.1 Å². The highest BCUT2D eigenvalue weighted by Gasteiger charge is 2.43. The molecule has 160 valence electrons. The summed E-state index contributed by atoms with van der Waals surface area (Å²) in [6.07, 6.45) is -2.97. The monoisotopic (exact) mass is 412 g/mol. The van der Waals surface area contributed by atoms with E-state index in [1.165, 1.54) is 18.2 Å². The molecule has 2 aliphatic rings. The molecule has 29 heavy (non-hydrogen) atoms. The maximum Gasteiger partial charge on any atom is 0.586 e. The average molecular weight is 412 g/mol. The van der Waals surface area contributed by atoms with Gasteiger partial charge in [0.1, 0.15) is 0 Å². The van der Waals surface area contributed by atoms with E-state index in [9.17, 15) is 18.4 Å². The average Bonchev–Trinajstić information content (AvgIpc) is 2.73. The Morgan fingerprint density at radius 1 is 1.10 bits per heavy atom. The smallest absolute Gasteiger partial charge is 0.395 e. The molecule has 2 heterocycles. The summed E-state index contributed by atoms with van der Waals surface area (Å²) >= 11 is 0. The van der Waals surface area contributed by atoms with Crippen molar-refractivity contribution in [1.82, 2.24) is 15.1 Å². The van der Waals surface area contributed by atoms with E-state index in [0.717, 1.165) is 6.42 Å². The number of alkyl halides is 2. The van der Waals surface area contributed by atoms with Crippen molar-refractivity contribution >= 4 is 17.6 Å². The minimum absolute atomic E-state index is 0.0486. The van der Waals surface area contributed by atoms with Gasteiger partial charge in [-0.25, -0.2) is 4.79 Å². The van der Waals surface area contributed by atoms with Gasteiger partial charge >= 0.3 is 12.3 Å². The Balaban J connectivity index is 1.52. The molecule has 3 amide bonds. The second-order valence-corrected chi connectivity index (χ2v) is 8.17. The minimum Gasteiger partial charge on any atom is -0.395 e. The van der Waals surface area contributed by atoms with Crippen LogP contribution in [-0.4, -0.2) is 66.3 Å². The van der Waals surface area contributed by atoms with Gasteiger partial charge in [-0.3, -0.25) is 9.69 Å². The van der Waals surface area contributed by atoms with Gasteiger partial charge in [-0.1, -0.05) is 0 Å². The van der Waals surface area contributed by atoms with Crippen molar-refractivity contribution in [3.63, 3.8) is 0 Å². The summed E-state index contributed by atoms with van der Waals surface area (Å²) in [4.78, 5) is 28.3. The number of carbonyl (C=O) groups is 2. The largest absolute Gasteiger partial charge is 0.586 e. The molecule has 0 saturated carbocycles. The zero-order valence-electron chi connectivity index (χ0n) is 16.8. The Kier molecular flexibility index (Phi) is 5.83. The molecule has 3 rings (SSSR count). The van der Waals surface area contributed by atoms with Crippen molar-refractivity contribution in [2.24, 2.45) is 0 Å². The molecule has 2 aliphatic heterocycles. The maximum absolute atomic E-state index is 13.1. The summed E-state index contributed by atoms with van der Waals surface area (Å²) in [5, 5.41) is 5.62. The topological polar surface area (TPSA) is 83.1 Å². The molecule has 0 radical (unpaired) electrons. The highest BCUT2D eigenvalue weighted by Crippen LogP contribution is 2.42. The highest BCUT2D eigenvalue weighted by atomic mass is 19.3. The third kappa shape index (κ3) is 5.93. The lowest BCUT2D eigenvalue weighted by Gasteiger charge is -2.25. The zero-order valence-corrected chi connectivity index (χ0v) is 16.8. The second-order valence-electron chi connectivity index (χ2n) is 8.17. The summed E-state index contributed by atoms with van der Waals surface area (Å²) in [6.45, 7) is 8.33. The van der Waals surface area contributed by atoms with Gasteiger partial charge < -0.3 is 25.0 Å². The molecule has 8 nitrogen and oxygen atoms in total. The van der Waals surface area contributed by atoms with Gasteiger partial charge in [0.15, 0.2) is 11.5 Å². The van der Waals surface area contributed by atoms with Gasteiger partial charge in [-0.05, 0) is 39.3 Å². The Morgan fingerprint density at radius 2 is 1.83 bits per heavy atom. The first-order chi connectivity index (χ1) is 13.5. The minimum atomic E-state index is -3.70. The van der Waals surface area contributed by atoms with E-state index in [0.29, 0.717) is 31.9 Å². The first kappa shape index (κ1) is 21.1. The van der Waals surface area contributed by atoms with Crippen molar-refractivity contribution in [2.45, 2.75) is 39.0 Å². The second kappa shape index (κ2) is 8.02. The molecule has 0 atom stereocenters. The van der Waals surface area contributed by atoms with Crippen LogP contribution in [0.4, 0.5) is 19.3 Å². The summed E-state index contributed by atoms with van der Waals surface area (Å²) in [5.74, 6) is -0.251. The van der Waals surface area contributed by atoms with E-state index in [4.69, 9.17) is 0 Å². The van der Waals surface area contributed by atoms with Gasteiger partial charge in [0.2, 0.25) is 5.91 Å². The zero-order chi connectivity index (χ0) is 21.2. The van der Waals surface area contributed by atoms with Gasteiger partial charge in [-0.15, -0.1) is 8.78 Å². The summed E-state index contributed by atoms with van der Waals surface area (Å²) in [7, 11) is 0. The number of benzene rings is 1. The molecule has 0 aliphatic carbocycles. The number of ether oxygens (including phenoxy) is 2. The molecule has 0 bridgehead atoms. The van der Waals surface area contributed by atoms with Crippen molar-refractivity contribution in [2.75, 3.05) is 38.0 Å². The number of urea groups is 1. The first-order valence-corrected chi connectivity index (χ1v) is 9.50. The normalized spacial score (nSPS) is 18.9. The van der Waals surface area contributed by atoms with Gasteiger partial charge in [0.05, 0.1) is 6.54 Å². The summed E-state index contributed by atoms with van der Waals surface area (Å²) in [6, 6.07) is 3.76. The molecule has 0 aromatic heterocycles. The molecular formula is C19H26F2N4O4. The van der Waals surface area contributed by atoms with Crippen LogP contribution in [-0.2, 0) is 4.79 Å². The standard InChI is InChI=1S/C19H26F2N4O4/c1-18(2,3)23-16(26)12-24-7-4-8-25(10-9-24)17(27)22-13-5-6-14-15(11-13)29-19(20,21)28-14/h5-6,11H,4,7-10,12H2,1-3H3,(H,22,27)(H,23,26). The van der Waals surface area contributed by atoms with Crippen LogP contribution in [0.1, 0.15) is 27.2 Å². The number of amides is 3. The van der Waals surface area contributed by atoms with Gasteiger partial charge in [-0.2, -0.15) is 0 Å². The number of carbonyl (C=O) groups excluding carboxylic acids is 2. The van der Waals surface area contributed by atoms with E-state index in [-0.39, 0.29) is 35.5 Å². The SMILES string of the molecule is CC(C)(C)NC(=O)CN1CCCN(C(=O)Nc2ccc3c(c2)OC(F)(F)O3)CC1. The molecule has 10 heteroatoms. The number of hydrogen-bond donors (Lipinski definition) is 2. The number of rotatable bonds is 3. The molecule has 0 unspecified atom stereocenters. The molecule has 1 fully saturated rings. The van der Waals surface area contributed by atoms with Crippen molar-refractivity contribution < 1.29 is 27.8 Å². The third-order valence-corrected chi connectivity index (χ3v) is 4.41. The fourth-order valence-corrected chi connectivity index (χ4v) is 3.22. The summed E-state index contributed by atoms with van der Waals surface area (Å²) < 4.78 is 35.0. The lowest BCUT2D eigenvalue weighted by atomic mass is 10.1. The number of fused-ring (bicyclic) bond motifs is 1. The van der Waals surface area contributed by atoms with Crippen LogP contribution in [0.25, 0.3) is 0 Å². The quantitative estimate of drug-likeness (QED) is 0.797. The maximum atomic E-state index is 13.1. The molecule has 1 aromatic carbocycles. The van der Waals surface area contributed by atoms with Crippen LogP contribution in [0.3, 0.4) is 0 Å². The molecule has 1 saturated heterocycles. The van der Waals surface area contributed by atoms with E-state index >= 15 is 0 Å². The van der Waals surface area contributed by atoms with Crippen molar-refractivity contribution in [3.05, 3.63) is 18.2 Å². The van der Waals surface area contributed by atoms with Crippen LogP contribution in [0.2, 0.25) is 0 Å². The Morgan fingerprint density at radius 3 is 2.55 bits per heavy atom.